The molecule has 0 aliphatic heterocycles. The van der Waals surface area contributed by atoms with E-state index in [9.17, 15) is 4.79 Å². The number of thiazole rings is 1. The smallest absolute Gasteiger partial charge is 0.243 e. The molecule has 1 amide bonds. The van der Waals surface area contributed by atoms with Crippen LogP contribution in [0.25, 0.3) is 0 Å². The van der Waals surface area contributed by atoms with Crippen molar-refractivity contribution < 1.29 is 4.79 Å². The van der Waals surface area contributed by atoms with Crippen molar-refractivity contribution in [2.24, 2.45) is 5.73 Å². The van der Waals surface area contributed by atoms with Gasteiger partial charge in [-0.1, -0.05) is 43.7 Å². The van der Waals surface area contributed by atoms with E-state index in [2.05, 4.69) is 22.4 Å². The highest BCUT2D eigenvalue weighted by Crippen LogP contribution is 2.21. The van der Waals surface area contributed by atoms with E-state index in [0.29, 0.717) is 11.6 Å². The summed E-state index contributed by atoms with van der Waals surface area (Å²) in [4.78, 5) is 17.1. The molecule has 0 aliphatic rings. The lowest BCUT2D eigenvalue weighted by molar-refractivity contribution is -0.117. The molecule has 0 radical (unpaired) electrons. The molecule has 0 bridgehead atoms. The number of nitrogens with one attached hydrogen (secondary N) is 1. The average Bonchev–Trinajstić information content (AvgIpc) is 2.87. The monoisotopic (exact) mass is 289 g/mol. The number of aromatic nitrogens is 1. The number of carbonyl (C=O) groups excluding carboxylic acids is 1. The van der Waals surface area contributed by atoms with Gasteiger partial charge in [0.2, 0.25) is 5.91 Å². The molecular formula is C15H19N3OS. The Morgan fingerprint density at radius 2 is 2.15 bits per heavy atom. The van der Waals surface area contributed by atoms with Gasteiger partial charge in [-0.2, -0.15) is 0 Å². The van der Waals surface area contributed by atoms with Crippen molar-refractivity contribution in [2.75, 3.05) is 5.32 Å². The zero-order valence-corrected chi connectivity index (χ0v) is 12.3. The first-order chi connectivity index (χ1) is 9.69. The largest absolute Gasteiger partial charge is 0.320 e. The lowest BCUT2D eigenvalue weighted by Gasteiger charge is -2.08. The standard InChI is InChI=1S/C15H19N3OS/c1-2-6-13(16)14(19)18-15-17-10-12(20-15)9-11-7-4-3-5-8-11/h3-5,7-8,10,13H,2,6,9,16H2,1H3,(H,17,18,19). The highest BCUT2D eigenvalue weighted by molar-refractivity contribution is 7.15. The lowest BCUT2D eigenvalue weighted by atomic mass is 10.1. The molecule has 1 aromatic heterocycles. The first-order valence-electron chi connectivity index (χ1n) is 6.74. The van der Waals surface area contributed by atoms with Gasteiger partial charge >= 0.3 is 0 Å². The lowest BCUT2D eigenvalue weighted by Crippen LogP contribution is -2.35. The number of anilines is 1. The maximum Gasteiger partial charge on any atom is 0.243 e. The van der Waals surface area contributed by atoms with E-state index in [0.717, 1.165) is 17.7 Å². The maximum absolute atomic E-state index is 11.8. The molecular weight excluding hydrogens is 270 g/mol. The van der Waals surface area contributed by atoms with Crippen molar-refractivity contribution in [3.63, 3.8) is 0 Å². The van der Waals surface area contributed by atoms with Gasteiger partial charge in [-0.05, 0) is 12.0 Å². The summed E-state index contributed by atoms with van der Waals surface area (Å²) in [5.74, 6) is -0.160. The molecule has 106 valence electrons. The van der Waals surface area contributed by atoms with Gasteiger partial charge in [0.1, 0.15) is 0 Å². The summed E-state index contributed by atoms with van der Waals surface area (Å²) < 4.78 is 0. The van der Waals surface area contributed by atoms with Crippen molar-refractivity contribution in [3.05, 3.63) is 47.0 Å². The second-order valence-electron chi connectivity index (χ2n) is 4.68. The Kier molecular flexibility index (Phi) is 5.26. The summed E-state index contributed by atoms with van der Waals surface area (Å²) in [5, 5.41) is 3.39. The van der Waals surface area contributed by atoms with Gasteiger partial charge in [0.15, 0.2) is 5.13 Å². The molecule has 20 heavy (non-hydrogen) atoms. The number of nitrogens with two attached hydrogens (primary N) is 1. The molecule has 1 unspecified atom stereocenters. The van der Waals surface area contributed by atoms with Crippen LogP contribution in [0.1, 0.15) is 30.2 Å². The van der Waals surface area contributed by atoms with Crippen molar-refractivity contribution in [1.29, 1.82) is 0 Å². The first kappa shape index (κ1) is 14.7. The maximum atomic E-state index is 11.8. The van der Waals surface area contributed by atoms with Crippen LogP contribution >= 0.6 is 11.3 Å². The molecule has 0 fully saturated rings. The SMILES string of the molecule is CCCC(N)C(=O)Nc1ncc(Cc2ccccc2)s1. The number of amides is 1. The Morgan fingerprint density at radius 3 is 2.85 bits per heavy atom. The number of carbonyl (C=O) groups is 1. The molecule has 3 N–H and O–H groups in total. The normalized spacial score (nSPS) is 12.1. The molecule has 0 spiro atoms. The van der Waals surface area contributed by atoms with Crippen LogP contribution in [0.4, 0.5) is 5.13 Å². The van der Waals surface area contributed by atoms with Crippen LogP contribution in [-0.2, 0) is 11.2 Å². The number of benzene rings is 1. The molecule has 1 atom stereocenters. The van der Waals surface area contributed by atoms with Gasteiger partial charge in [-0.3, -0.25) is 4.79 Å². The van der Waals surface area contributed by atoms with E-state index < -0.39 is 6.04 Å². The highest BCUT2D eigenvalue weighted by atomic mass is 32.1. The predicted octanol–water partition coefficient (Wildman–Crippen LogP) is 2.80. The summed E-state index contributed by atoms with van der Waals surface area (Å²) in [6.07, 6.45) is 4.22. The van der Waals surface area contributed by atoms with Crippen molar-refractivity contribution >= 4 is 22.4 Å². The number of nitrogens with zero attached hydrogens (tertiary/aromatic N) is 1. The molecule has 5 heteroatoms. The fourth-order valence-electron chi connectivity index (χ4n) is 1.88. The summed E-state index contributed by atoms with van der Waals surface area (Å²) in [6, 6.07) is 9.73. The van der Waals surface area contributed by atoms with Gasteiger partial charge in [0.25, 0.3) is 0 Å². The fraction of sp³-hybridized carbons (Fsp3) is 0.333. The van der Waals surface area contributed by atoms with Crippen LogP contribution in [0.3, 0.4) is 0 Å². The molecule has 4 nitrogen and oxygen atoms in total. The fourth-order valence-corrected chi connectivity index (χ4v) is 2.73. The third-order valence-corrected chi connectivity index (χ3v) is 3.85. The van der Waals surface area contributed by atoms with Gasteiger partial charge in [-0.25, -0.2) is 4.98 Å². The van der Waals surface area contributed by atoms with Crippen LogP contribution in [0.5, 0.6) is 0 Å². The minimum Gasteiger partial charge on any atom is -0.320 e. The molecule has 0 saturated carbocycles. The van der Waals surface area contributed by atoms with Crippen LogP contribution in [-0.4, -0.2) is 16.9 Å². The minimum atomic E-state index is -0.457. The first-order valence-corrected chi connectivity index (χ1v) is 7.55. The number of hydrogen-bond acceptors (Lipinski definition) is 4. The van der Waals surface area contributed by atoms with Crippen molar-refractivity contribution in [1.82, 2.24) is 4.98 Å². The second-order valence-corrected chi connectivity index (χ2v) is 5.79. The second kappa shape index (κ2) is 7.17. The molecule has 2 rings (SSSR count). The average molecular weight is 289 g/mol. The Bertz CT molecular complexity index is 553. The van der Waals surface area contributed by atoms with E-state index in [1.807, 2.05) is 25.1 Å². The Hall–Kier alpha value is -1.72. The topological polar surface area (TPSA) is 68.0 Å². The van der Waals surface area contributed by atoms with E-state index in [1.54, 1.807) is 6.20 Å². The third-order valence-electron chi connectivity index (χ3n) is 2.94. The van der Waals surface area contributed by atoms with E-state index >= 15 is 0 Å². The van der Waals surface area contributed by atoms with Gasteiger partial charge in [0, 0.05) is 17.5 Å². The van der Waals surface area contributed by atoms with E-state index in [-0.39, 0.29) is 5.91 Å². The Labute approximate surface area is 123 Å². The summed E-state index contributed by atoms with van der Waals surface area (Å²) in [7, 11) is 0. The third kappa shape index (κ3) is 4.15. The molecule has 1 heterocycles. The van der Waals surface area contributed by atoms with Crippen molar-refractivity contribution in [2.45, 2.75) is 32.2 Å². The quantitative estimate of drug-likeness (QED) is 0.859. The molecule has 0 aliphatic carbocycles. The van der Waals surface area contributed by atoms with Gasteiger partial charge in [-0.15, -0.1) is 11.3 Å². The summed E-state index contributed by atoms with van der Waals surface area (Å²) in [6.45, 7) is 2.01. The van der Waals surface area contributed by atoms with E-state index in [1.165, 1.54) is 16.9 Å². The molecule has 0 saturated heterocycles. The number of rotatable bonds is 6. The van der Waals surface area contributed by atoms with Gasteiger partial charge < -0.3 is 11.1 Å². The van der Waals surface area contributed by atoms with Crippen LogP contribution < -0.4 is 11.1 Å². The van der Waals surface area contributed by atoms with Gasteiger partial charge in [0.05, 0.1) is 6.04 Å². The molecule has 2 aromatic rings. The van der Waals surface area contributed by atoms with Crippen LogP contribution in [0, 0.1) is 0 Å². The zero-order valence-electron chi connectivity index (χ0n) is 11.5. The van der Waals surface area contributed by atoms with E-state index in [4.69, 9.17) is 5.73 Å². The Balaban J connectivity index is 1.94. The molecule has 1 aromatic carbocycles. The zero-order chi connectivity index (χ0) is 14.4. The Morgan fingerprint density at radius 1 is 1.40 bits per heavy atom. The number of hydrogen-bond donors (Lipinski definition) is 2. The van der Waals surface area contributed by atoms with Crippen LogP contribution in [0.2, 0.25) is 0 Å². The van der Waals surface area contributed by atoms with Crippen LogP contribution in [0.15, 0.2) is 36.5 Å². The predicted molar refractivity (Wildman–Crippen MR) is 82.9 cm³/mol. The minimum absolute atomic E-state index is 0.160. The van der Waals surface area contributed by atoms with Crippen molar-refractivity contribution in [3.8, 4) is 0 Å². The highest BCUT2D eigenvalue weighted by Gasteiger charge is 2.14. The summed E-state index contributed by atoms with van der Waals surface area (Å²) >= 11 is 1.49. The summed E-state index contributed by atoms with van der Waals surface area (Å²) in [5.41, 5.74) is 7.00.